The van der Waals surface area contributed by atoms with Gasteiger partial charge in [-0.05, 0) is 31.6 Å². The van der Waals surface area contributed by atoms with Crippen molar-refractivity contribution in [3.63, 3.8) is 0 Å². The lowest BCUT2D eigenvalue weighted by Gasteiger charge is -2.35. The van der Waals surface area contributed by atoms with Crippen LogP contribution in [-0.2, 0) is 9.59 Å². The Hall–Kier alpha value is -1.06. The summed E-state index contributed by atoms with van der Waals surface area (Å²) < 4.78 is 0. The summed E-state index contributed by atoms with van der Waals surface area (Å²) in [5, 5.41) is 18.0. The summed E-state index contributed by atoms with van der Waals surface area (Å²) in [6, 6.07) is 0. The number of carbonyl (C=O) groups is 2. The fourth-order valence-electron chi connectivity index (χ4n) is 2.68. The second kappa shape index (κ2) is 7.30. The molecule has 0 amide bonds. The van der Waals surface area contributed by atoms with Gasteiger partial charge in [-0.1, -0.05) is 27.2 Å². The smallest absolute Gasteiger partial charge is 0.309 e. The molecule has 0 heterocycles. The van der Waals surface area contributed by atoms with Crippen molar-refractivity contribution in [2.45, 2.75) is 59.3 Å². The van der Waals surface area contributed by atoms with Crippen LogP contribution in [0.15, 0.2) is 0 Å². The average molecular weight is 244 g/mol. The summed E-state index contributed by atoms with van der Waals surface area (Å²) in [4.78, 5) is 21.9. The van der Waals surface area contributed by atoms with Crippen molar-refractivity contribution in [1.29, 1.82) is 0 Å². The van der Waals surface area contributed by atoms with E-state index < -0.39 is 17.4 Å². The molecule has 0 aliphatic carbocycles. The Morgan fingerprint density at radius 2 is 1.65 bits per heavy atom. The fraction of sp³-hybridized carbons (Fsp3) is 0.846. The maximum Gasteiger partial charge on any atom is 0.309 e. The molecule has 1 atom stereocenters. The van der Waals surface area contributed by atoms with Gasteiger partial charge in [-0.25, -0.2) is 0 Å². The molecule has 0 aromatic carbocycles. The molecule has 1 unspecified atom stereocenters. The Balaban J connectivity index is 4.68. The highest BCUT2D eigenvalue weighted by Gasteiger charge is 2.41. The van der Waals surface area contributed by atoms with Crippen LogP contribution >= 0.6 is 0 Å². The zero-order valence-corrected chi connectivity index (χ0v) is 11.0. The van der Waals surface area contributed by atoms with Crippen LogP contribution in [0.2, 0.25) is 0 Å². The largest absolute Gasteiger partial charge is 0.481 e. The van der Waals surface area contributed by atoms with Gasteiger partial charge in [-0.3, -0.25) is 9.59 Å². The van der Waals surface area contributed by atoms with E-state index in [1.165, 1.54) is 0 Å². The summed E-state index contributed by atoms with van der Waals surface area (Å²) in [6.45, 7) is 5.78. The van der Waals surface area contributed by atoms with Crippen LogP contribution in [0.5, 0.6) is 0 Å². The predicted octanol–water partition coefficient (Wildman–Crippen LogP) is 3.16. The Morgan fingerprint density at radius 3 is 1.94 bits per heavy atom. The third kappa shape index (κ3) is 4.02. The zero-order chi connectivity index (χ0) is 13.5. The van der Waals surface area contributed by atoms with Gasteiger partial charge in [0, 0.05) is 6.42 Å². The normalized spacial score (nSPS) is 13.4. The van der Waals surface area contributed by atoms with Crippen LogP contribution < -0.4 is 0 Å². The number of hydrogen-bond donors (Lipinski definition) is 2. The third-order valence-corrected chi connectivity index (χ3v) is 3.91. The topological polar surface area (TPSA) is 74.6 Å². The molecule has 2 N–H and O–H groups in total. The Labute approximate surface area is 103 Å². The van der Waals surface area contributed by atoms with Gasteiger partial charge in [0.1, 0.15) is 0 Å². The van der Waals surface area contributed by atoms with E-state index in [1.54, 1.807) is 0 Å². The molecular formula is C13H24O4. The summed E-state index contributed by atoms with van der Waals surface area (Å²) in [6.07, 6.45) is 3.35. The maximum atomic E-state index is 11.5. The molecular weight excluding hydrogens is 220 g/mol. The molecule has 0 radical (unpaired) electrons. The van der Waals surface area contributed by atoms with Gasteiger partial charge in [-0.15, -0.1) is 0 Å². The van der Waals surface area contributed by atoms with Gasteiger partial charge in [-0.2, -0.15) is 0 Å². The Bertz CT molecular complexity index is 256. The summed E-state index contributed by atoms with van der Waals surface area (Å²) in [5.41, 5.74) is -0.687. The first-order valence-electron chi connectivity index (χ1n) is 6.39. The van der Waals surface area contributed by atoms with E-state index in [4.69, 9.17) is 5.11 Å². The van der Waals surface area contributed by atoms with Gasteiger partial charge < -0.3 is 10.2 Å². The molecule has 0 aliphatic rings. The molecule has 4 heteroatoms. The van der Waals surface area contributed by atoms with Crippen molar-refractivity contribution in [3.05, 3.63) is 0 Å². The van der Waals surface area contributed by atoms with Crippen LogP contribution in [0.3, 0.4) is 0 Å². The van der Waals surface area contributed by atoms with Gasteiger partial charge >= 0.3 is 11.9 Å². The van der Waals surface area contributed by atoms with Gasteiger partial charge in [0.25, 0.3) is 0 Å². The number of rotatable bonds is 9. The van der Waals surface area contributed by atoms with Crippen molar-refractivity contribution in [1.82, 2.24) is 0 Å². The molecule has 0 spiro atoms. The highest BCUT2D eigenvalue weighted by Crippen LogP contribution is 2.40. The number of carboxylic acids is 2. The second-order valence-electron chi connectivity index (χ2n) is 4.56. The molecule has 0 aromatic heterocycles. The van der Waals surface area contributed by atoms with Crippen LogP contribution in [0.4, 0.5) is 0 Å². The minimum absolute atomic E-state index is 0.0642. The molecule has 0 saturated heterocycles. The van der Waals surface area contributed by atoms with Gasteiger partial charge in [0.05, 0.1) is 5.41 Å². The first kappa shape index (κ1) is 15.9. The van der Waals surface area contributed by atoms with Gasteiger partial charge in [0.15, 0.2) is 0 Å². The quantitative estimate of drug-likeness (QED) is 0.653. The zero-order valence-electron chi connectivity index (χ0n) is 11.0. The SMILES string of the molecule is CCC(CCCC(=O)O)C(CC)(CC)C(=O)O. The molecule has 4 nitrogen and oxygen atoms in total. The van der Waals surface area contributed by atoms with Crippen LogP contribution in [0.1, 0.15) is 59.3 Å². The third-order valence-electron chi connectivity index (χ3n) is 3.91. The molecule has 17 heavy (non-hydrogen) atoms. The van der Waals surface area contributed by atoms with Crippen molar-refractivity contribution < 1.29 is 19.8 Å². The predicted molar refractivity (Wildman–Crippen MR) is 65.9 cm³/mol. The molecule has 0 aliphatic heterocycles. The highest BCUT2D eigenvalue weighted by atomic mass is 16.4. The molecule has 0 rings (SSSR count). The molecule has 0 saturated carbocycles. The Morgan fingerprint density at radius 1 is 1.12 bits per heavy atom. The summed E-state index contributed by atoms with van der Waals surface area (Å²) in [5.74, 6) is -1.49. The second-order valence-corrected chi connectivity index (χ2v) is 4.56. The number of hydrogen-bond acceptors (Lipinski definition) is 2. The first-order chi connectivity index (χ1) is 7.94. The molecule has 100 valence electrons. The lowest BCUT2D eigenvalue weighted by atomic mass is 9.68. The first-order valence-corrected chi connectivity index (χ1v) is 6.39. The van der Waals surface area contributed by atoms with Crippen LogP contribution in [0.25, 0.3) is 0 Å². The lowest BCUT2D eigenvalue weighted by molar-refractivity contribution is -0.153. The van der Waals surface area contributed by atoms with Crippen molar-refractivity contribution >= 4 is 11.9 Å². The van der Waals surface area contributed by atoms with Crippen molar-refractivity contribution in [2.75, 3.05) is 0 Å². The standard InChI is InChI=1S/C13H24O4/c1-4-10(8-7-9-11(14)15)13(5-2,6-3)12(16)17/h10H,4-9H2,1-3H3,(H,14,15)(H,16,17). The van der Waals surface area contributed by atoms with E-state index in [0.29, 0.717) is 25.7 Å². The molecule has 0 bridgehead atoms. The summed E-state index contributed by atoms with van der Waals surface area (Å²) >= 11 is 0. The van der Waals surface area contributed by atoms with E-state index in [9.17, 15) is 14.7 Å². The fourth-order valence-corrected chi connectivity index (χ4v) is 2.68. The molecule has 0 aromatic rings. The monoisotopic (exact) mass is 244 g/mol. The van der Waals surface area contributed by atoms with E-state index >= 15 is 0 Å². The average Bonchev–Trinajstić information content (AvgIpc) is 2.28. The van der Waals surface area contributed by atoms with Crippen molar-refractivity contribution in [3.8, 4) is 0 Å². The minimum atomic E-state index is -0.811. The maximum absolute atomic E-state index is 11.5. The van der Waals surface area contributed by atoms with E-state index in [2.05, 4.69) is 0 Å². The van der Waals surface area contributed by atoms with Crippen molar-refractivity contribution in [2.24, 2.45) is 11.3 Å². The van der Waals surface area contributed by atoms with Gasteiger partial charge in [0.2, 0.25) is 0 Å². The van der Waals surface area contributed by atoms with E-state index in [-0.39, 0.29) is 12.3 Å². The number of carboxylic acid groups (broad SMARTS) is 2. The van der Waals surface area contributed by atoms with E-state index in [1.807, 2.05) is 20.8 Å². The lowest BCUT2D eigenvalue weighted by Crippen LogP contribution is -2.37. The number of aliphatic carboxylic acids is 2. The Kier molecular flexibility index (Phi) is 6.85. The summed E-state index contributed by atoms with van der Waals surface area (Å²) in [7, 11) is 0. The van der Waals surface area contributed by atoms with E-state index in [0.717, 1.165) is 6.42 Å². The minimum Gasteiger partial charge on any atom is -0.481 e. The highest BCUT2D eigenvalue weighted by molar-refractivity contribution is 5.75. The van der Waals surface area contributed by atoms with Crippen LogP contribution in [-0.4, -0.2) is 22.2 Å². The molecule has 0 fully saturated rings. The van der Waals surface area contributed by atoms with Crippen LogP contribution in [0, 0.1) is 11.3 Å².